The molecule has 2 N–H and O–H groups in total. The summed E-state index contributed by atoms with van der Waals surface area (Å²) in [6.07, 6.45) is 8.25. The normalized spacial score (nSPS) is 12.5. The van der Waals surface area contributed by atoms with Crippen molar-refractivity contribution in [3.8, 4) is 0 Å². The van der Waals surface area contributed by atoms with Gasteiger partial charge in [0.2, 0.25) is 5.91 Å². The summed E-state index contributed by atoms with van der Waals surface area (Å²) in [6, 6.07) is 4.92. The molecular weight excluding hydrogens is 438 g/mol. The lowest BCUT2D eigenvalue weighted by molar-refractivity contribution is -0.140. The van der Waals surface area contributed by atoms with Crippen molar-refractivity contribution in [1.29, 1.82) is 0 Å². The van der Waals surface area contributed by atoms with Gasteiger partial charge in [0.15, 0.2) is 0 Å². The van der Waals surface area contributed by atoms with Crippen LogP contribution in [0.4, 0.5) is 5.69 Å². The Bertz CT molecular complexity index is 825. The highest BCUT2D eigenvalue weighted by atomic mass is 32.2. The van der Waals surface area contributed by atoms with Crippen LogP contribution in [0.1, 0.15) is 77.2 Å². The lowest BCUT2D eigenvalue weighted by Gasteiger charge is -2.22. The van der Waals surface area contributed by atoms with E-state index in [1.165, 1.54) is 25.3 Å². The minimum atomic E-state index is -4.81. The van der Waals surface area contributed by atoms with Crippen LogP contribution in [0.25, 0.3) is 0 Å². The Morgan fingerprint density at radius 1 is 1.06 bits per heavy atom. The van der Waals surface area contributed by atoms with Crippen molar-refractivity contribution in [2.75, 3.05) is 10.1 Å². The number of nitrogens with zero attached hydrogens (tertiary/aromatic N) is 1. The van der Waals surface area contributed by atoms with Crippen LogP contribution in [-0.4, -0.2) is 35.7 Å². The molecule has 0 fully saturated rings. The van der Waals surface area contributed by atoms with Crippen LogP contribution in [0.5, 0.6) is 0 Å². The van der Waals surface area contributed by atoms with Gasteiger partial charge in [0.25, 0.3) is 0 Å². The first-order chi connectivity index (χ1) is 14.6. The Balaban J connectivity index is 2.86. The lowest BCUT2D eigenvalue weighted by Crippen LogP contribution is -2.36. The van der Waals surface area contributed by atoms with Crippen molar-refractivity contribution in [3.63, 3.8) is 0 Å². The Labute approximate surface area is 190 Å². The average molecular weight is 474 g/mol. The highest BCUT2D eigenvalue weighted by Gasteiger charge is 2.29. The van der Waals surface area contributed by atoms with Gasteiger partial charge in [-0.05, 0) is 31.0 Å². The highest BCUT2D eigenvalue weighted by molar-refractivity contribution is 7.99. The molecule has 0 aliphatic carbocycles. The number of unbranched alkanes of at least 4 members (excludes halogenated alkanes) is 7. The summed E-state index contributed by atoms with van der Waals surface area (Å²) in [6.45, 7) is 5.47. The molecule has 9 heteroatoms. The molecule has 0 radical (unpaired) electrons. The number of carbonyl (C=O) groups is 2. The molecular formula is C22H35NO6S2. The summed E-state index contributed by atoms with van der Waals surface area (Å²) >= 11 is 1.15. The number of aryl methyl sites for hydroxylation is 1. The van der Waals surface area contributed by atoms with Crippen LogP contribution in [0.15, 0.2) is 23.1 Å². The maximum Gasteiger partial charge on any atom is 0.366 e. The predicted octanol–water partition coefficient (Wildman–Crippen LogP) is 5.47. The Morgan fingerprint density at radius 2 is 1.65 bits per heavy atom. The van der Waals surface area contributed by atoms with E-state index in [0.717, 1.165) is 43.0 Å². The standard InChI is InChI=1S/C22H35NO6S2/c1-4-5-6-7-8-9-10-11-12-21(24)23(31(27,28)29)19-15-17(2)13-14-20(19)30-16-18(3)22(25)26/h13-15,18H,4-12,16H2,1-3H3,(H,25,26)(H,27,28,29). The number of amides is 1. The SMILES string of the molecule is CCCCCCCCCCC(=O)N(c1cc(C)ccc1SCC(C)C(=O)O)S(=O)(=O)O. The highest BCUT2D eigenvalue weighted by Crippen LogP contribution is 2.34. The molecule has 7 nitrogen and oxygen atoms in total. The number of anilines is 1. The minimum Gasteiger partial charge on any atom is -0.481 e. The second-order valence-corrected chi connectivity index (χ2v) is 10.2. The van der Waals surface area contributed by atoms with Gasteiger partial charge in [-0.1, -0.05) is 64.9 Å². The molecule has 1 aromatic carbocycles. The maximum atomic E-state index is 12.8. The van der Waals surface area contributed by atoms with Crippen molar-refractivity contribution in [2.24, 2.45) is 5.92 Å². The summed E-state index contributed by atoms with van der Waals surface area (Å²) < 4.78 is 34.4. The zero-order valence-corrected chi connectivity index (χ0v) is 20.3. The number of hydrogen-bond donors (Lipinski definition) is 2. The number of benzene rings is 1. The third-order valence-corrected chi connectivity index (χ3v) is 7.13. The summed E-state index contributed by atoms with van der Waals surface area (Å²) in [5, 5.41) is 9.09. The third-order valence-electron chi connectivity index (χ3n) is 4.95. The molecule has 0 saturated carbocycles. The fourth-order valence-electron chi connectivity index (χ4n) is 3.09. The second-order valence-electron chi connectivity index (χ2n) is 7.88. The molecule has 31 heavy (non-hydrogen) atoms. The molecule has 0 bridgehead atoms. The van der Waals surface area contributed by atoms with Crippen LogP contribution in [0, 0.1) is 12.8 Å². The Kier molecular flexibility index (Phi) is 12.2. The van der Waals surface area contributed by atoms with Gasteiger partial charge in [-0.2, -0.15) is 12.7 Å². The van der Waals surface area contributed by atoms with E-state index < -0.39 is 28.1 Å². The topological polar surface area (TPSA) is 112 Å². The van der Waals surface area contributed by atoms with Crippen molar-refractivity contribution >= 4 is 39.6 Å². The van der Waals surface area contributed by atoms with E-state index in [9.17, 15) is 22.6 Å². The van der Waals surface area contributed by atoms with Gasteiger partial charge in [-0.15, -0.1) is 11.8 Å². The van der Waals surface area contributed by atoms with Crippen LogP contribution in [0.3, 0.4) is 0 Å². The molecule has 0 aliphatic heterocycles. The fraction of sp³-hybridized carbons (Fsp3) is 0.636. The first kappa shape index (κ1) is 27.5. The van der Waals surface area contributed by atoms with E-state index in [-0.39, 0.29) is 17.9 Å². The zero-order valence-electron chi connectivity index (χ0n) is 18.7. The molecule has 0 heterocycles. The smallest absolute Gasteiger partial charge is 0.366 e. The van der Waals surface area contributed by atoms with Gasteiger partial charge in [-0.3, -0.25) is 14.1 Å². The van der Waals surface area contributed by atoms with Crippen LogP contribution < -0.4 is 4.31 Å². The molecule has 1 atom stereocenters. The Morgan fingerprint density at radius 3 is 2.19 bits per heavy atom. The first-order valence-corrected chi connectivity index (χ1v) is 13.2. The molecule has 1 rings (SSSR count). The zero-order chi connectivity index (χ0) is 23.4. The van der Waals surface area contributed by atoms with E-state index in [4.69, 9.17) is 5.11 Å². The van der Waals surface area contributed by atoms with Gasteiger partial charge >= 0.3 is 16.3 Å². The molecule has 1 aromatic rings. The summed E-state index contributed by atoms with van der Waals surface area (Å²) in [4.78, 5) is 24.3. The molecule has 0 aromatic heterocycles. The second kappa shape index (κ2) is 13.8. The van der Waals surface area contributed by atoms with E-state index in [2.05, 4.69) is 6.92 Å². The van der Waals surface area contributed by atoms with Gasteiger partial charge in [0.05, 0.1) is 11.6 Å². The largest absolute Gasteiger partial charge is 0.481 e. The van der Waals surface area contributed by atoms with E-state index in [1.54, 1.807) is 26.0 Å². The van der Waals surface area contributed by atoms with Crippen molar-refractivity contribution in [2.45, 2.75) is 83.5 Å². The van der Waals surface area contributed by atoms with E-state index in [1.807, 2.05) is 0 Å². The molecule has 1 amide bonds. The number of carboxylic acid groups (broad SMARTS) is 1. The number of thioether (sulfide) groups is 1. The van der Waals surface area contributed by atoms with Crippen LogP contribution >= 0.6 is 11.8 Å². The number of hydrogen-bond acceptors (Lipinski definition) is 5. The van der Waals surface area contributed by atoms with Gasteiger partial charge in [-0.25, -0.2) is 0 Å². The summed E-state index contributed by atoms with van der Waals surface area (Å²) in [5.74, 6) is -2.09. The number of carboxylic acids is 1. The monoisotopic (exact) mass is 473 g/mol. The third kappa shape index (κ3) is 10.1. The number of carbonyl (C=O) groups excluding carboxylic acids is 1. The molecule has 0 saturated heterocycles. The molecule has 1 unspecified atom stereocenters. The maximum absolute atomic E-state index is 12.8. The fourth-order valence-corrected chi connectivity index (χ4v) is 4.93. The number of rotatable bonds is 15. The molecule has 176 valence electrons. The summed E-state index contributed by atoms with van der Waals surface area (Å²) in [5.41, 5.74) is 0.786. The van der Waals surface area contributed by atoms with Gasteiger partial charge in [0.1, 0.15) is 0 Å². The predicted molar refractivity (Wildman–Crippen MR) is 125 cm³/mol. The number of aliphatic carboxylic acids is 1. The van der Waals surface area contributed by atoms with E-state index >= 15 is 0 Å². The lowest BCUT2D eigenvalue weighted by atomic mass is 10.1. The van der Waals surface area contributed by atoms with Gasteiger partial charge in [0, 0.05) is 17.1 Å². The van der Waals surface area contributed by atoms with Crippen molar-refractivity contribution in [3.05, 3.63) is 23.8 Å². The van der Waals surface area contributed by atoms with Crippen LogP contribution in [0.2, 0.25) is 0 Å². The Hall–Kier alpha value is -1.58. The van der Waals surface area contributed by atoms with Crippen molar-refractivity contribution in [1.82, 2.24) is 0 Å². The van der Waals surface area contributed by atoms with E-state index in [0.29, 0.717) is 15.6 Å². The first-order valence-electron chi connectivity index (χ1n) is 10.8. The average Bonchev–Trinajstić information content (AvgIpc) is 2.68. The minimum absolute atomic E-state index is 0.0122. The molecule has 0 spiro atoms. The van der Waals surface area contributed by atoms with Crippen molar-refractivity contribution < 1.29 is 27.7 Å². The van der Waals surface area contributed by atoms with Crippen LogP contribution in [-0.2, 0) is 19.9 Å². The van der Waals surface area contributed by atoms with Gasteiger partial charge < -0.3 is 5.11 Å². The molecule has 0 aliphatic rings. The summed E-state index contributed by atoms with van der Waals surface area (Å²) in [7, 11) is -4.81. The quantitative estimate of drug-likeness (QED) is 0.197.